The van der Waals surface area contributed by atoms with Crippen LogP contribution in [0.3, 0.4) is 0 Å². The van der Waals surface area contributed by atoms with Gasteiger partial charge in [-0.25, -0.2) is 4.98 Å². The summed E-state index contributed by atoms with van der Waals surface area (Å²) in [6.45, 7) is 5.92. The molecule has 1 aromatic rings. The van der Waals surface area contributed by atoms with E-state index in [4.69, 9.17) is 16.3 Å². The Morgan fingerprint density at radius 2 is 2.10 bits per heavy atom. The van der Waals surface area contributed by atoms with Crippen molar-refractivity contribution in [1.82, 2.24) is 9.88 Å². The van der Waals surface area contributed by atoms with Gasteiger partial charge in [-0.05, 0) is 34.8 Å². The summed E-state index contributed by atoms with van der Waals surface area (Å²) in [6, 6.07) is 2.53. The van der Waals surface area contributed by atoms with Crippen LogP contribution in [0.2, 0.25) is 5.02 Å². The molecule has 0 amide bonds. The summed E-state index contributed by atoms with van der Waals surface area (Å²) in [7, 11) is 0. The Morgan fingerprint density at radius 3 is 2.85 bits per heavy atom. The summed E-state index contributed by atoms with van der Waals surface area (Å²) in [5, 5.41) is 0.669. The van der Waals surface area contributed by atoms with Crippen molar-refractivity contribution in [2.24, 2.45) is 0 Å². The predicted octanol–water partition coefficient (Wildman–Crippen LogP) is 2.80. The minimum absolute atomic E-state index is 0.608. The van der Waals surface area contributed by atoms with E-state index in [0.717, 1.165) is 49.7 Å². The first-order chi connectivity index (χ1) is 9.74. The standard InChI is InChI=1S/C14H19BrClN3O/c15-13-8-11(16)9-17-14(13)19-3-1-2-12(10-19)18-4-6-20-7-5-18/h8-9,12H,1-7,10H2. The molecule has 1 aromatic heterocycles. The molecular weight excluding hydrogens is 342 g/mol. The van der Waals surface area contributed by atoms with Crippen LogP contribution in [0.15, 0.2) is 16.7 Å². The maximum absolute atomic E-state index is 5.97. The van der Waals surface area contributed by atoms with Gasteiger partial charge in [0.1, 0.15) is 5.82 Å². The Kier molecular flexibility index (Phi) is 4.81. The average molecular weight is 361 g/mol. The van der Waals surface area contributed by atoms with Crippen molar-refractivity contribution in [2.45, 2.75) is 18.9 Å². The van der Waals surface area contributed by atoms with Crippen LogP contribution in [0, 0.1) is 0 Å². The topological polar surface area (TPSA) is 28.6 Å². The van der Waals surface area contributed by atoms with E-state index in [-0.39, 0.29) is 0 Å². The van der Waals surface area contributed by atoms with Crippen LogP contribution in [0.25, 0.3) is 0 Å². The van der Waals surface area contributed by atoms with E-state index < -0.39 is 0 Å². The lowest BCUT2D eigenvalue weighted by atomic mass is 10.0. The number of nitrogens with zero attached hydrogens (tertiary/aromatic N) is 3. The molecule has 20 heavy (non-hydrogen) atoms. The van der Waals surface area contributed by atoms with E-state index in [1.165, 1.54) is 12.8 Å². The number of hydrogen-bond acceptors (Lipinski definition) is 4. The van der Waals surface area contributed by atoms with Crippen LogP contribution in [-0.4, -0.2) is 55.3 Å². The minimum atomic E-state index is 0.608. The quantitative estimate of drug-likeness (QED) is 0.811. The fourth-order valence-corrected chi connectivity index (χ4v) is 3.92. The van der Waals surface area contributed by atoms with E-state index in [1.54, 1.807) is 6.20 Å². The van der Waals surface area contributed by atoms with Gasteiger partial charge in [0.2, 0.25) is 0 Å². The van der Waals surface area contributed by atoms with Gasteiger partial charge >= 0.3 is 0 Å². The zero-order valence-corrected chi connectivity index (χ0v) is 13.7. The summed E-state index contributed by atoms with van der Waals surface area (Å²) in [6.07, 6.45) is 4.19. The second-order valence-corrected chi connectivity index (χ2v) is 6.64. The molecule has 3 heterocycles. The highest BCUT2D eigenvalue weighted by molar-refractivity contribution is 9.10. The fourth-order valence-electron chi connectivity index (χ4n) is 3.03. The molecular formula is C14H19BrClN3O. The van der Waals surface area contributed by atoms with Gasteiger partial charge in [0.05, 0.1) is 22.7 Å². The second-order valence-electron chi connectivity index (χ2n) is 5.35. The third-order valence-electron chi connectivity index (χ3n) is 4.05. The Balaban J connectivity index is 1.71. The first kappa shape index (κ1) is 14.6. The third-order valence-corrected chi connectivity index (χ3v) is 4.84. The SMILES string of the molecule is Clc1cnc(N2CCCC(N3CCOCC3)C2)c(Br)c1. The van der Waals surface area contributed by atoms with E-state index in [0.29, 0.717) is 11.1 Å². The Bertz CT molecular complexity index is 468. The molecule has 0 saturated carbocycles. The molecule has 110 valence electrons. The minimum Gasteiger partial charge on any atom is -0.379 e. The monoisotopic (exact) mass is 359 g/mol. The number of ether oxygens (including phenoxy) is 1. The summed E-state index contributed by atoms with van der Waals surface area (Å²) >= 11 is 9.55. The summed E-state index contributed by atoms with van der Waals surface area (Å²) < 4.78 is 6.42. The van der Waals surface area contributed by atoms with Gasteiger partial charge in [0.25, 0.3) is 0 Å². The molecule has 0 bridgehead atoms. The maximum Gasteiger partial charge on any atom is 0.143 e. The van der Waals surface area contributed by atoms with Crippen LogP contribution < -0.4 is 4.90 Å². The highest BCUT2D eigenvalue weighted by Crippen LogP contribution is 2.29. The molecule has 0 N–H and O–H groups in total. The largest absolute Gasteiger partial charge is 0.379 e. The van der Waals surface area contributed by atoms with Crippen molar-refractivity contribution in [2.75, 3.05) is 44.3 Å². The van der Waals surface area contributed by atoms with Gasteiger partial charge < -0.3 is 9.64 Å². The van der Waals surface area contributed by atoms with Crippen LogP contribution >= 0.6 is 27.5 Å². The first-order valence-corrected chi connectivity index (χ1v) is 8.29. The molecule has 2 fully saturated rings. The number of rotatable bonds is 2. The molecule has 1 unspecified atom stereocenters. The van der Waals surface area contributed by atoms with Crippen molar-refractivity contribution in [3.63, 3.8) is 0 Å². The average Bonchev–Trinajstić information content (AvgIpc) is 2.48. The lowest BCUT2D eigenvalue weighted by Gasteiger charge is -2.41. The smallest absolute Gasteiger partial charge is 0.143 e. The van der Waals surface area contributed by atoms with Gasteiger partial charge in [0, 0.05) is 38.4 Å². The summed E-state index contributed by atoms with van der Waals surface area (Å²) in [4.78, 5) is 9.41. The molecule has 0 spiro atoms. The number of piperidine rings is 1. The molecule has 0 radical (unpaired) electrons. The van der Waals surface area contributed by atoms with E-state index >= 15 is 0 Å². The molecule has 2 aliphatic rings. The van der Waals surface area contributed by atoms with Crippen molar-refractivity contribution in [1.29, 1.82) is 0 Å². The molecule has 2 aliphatic heterocycles. The fraction of sp³-hybridized carbons (Fsp3) is 0.643. The number of pyridine rings is 1. The summed E-state index contributed by atoms with van der Waals surface area (Å²) in [5.41, 5.74) is 0. The molecule has 2 saturated heterocycles. The second kappa shape index (κ2) is 6.60. The normalized spacial score (nSPS) is 24.9. The third kappa shape index (κ3) is 3.27. The number of aromatic nitrogens is 1. The molecule has 1 atom stereocenters. The molecule has 0 aliphatic carbocycles. The highest BCUT2D eigenvalue weighted by atomic mass is 79.9. The first-order valence-electron chi connectivity index (χ1n) is 7.12. The van der Waals surface area contributed by atoms with Crippen LogP contribution in [0.5, 0.6) is 0 Å². The van der Waals surface area contributed by atoms with Crippen LogP contribution in [0.4, 0.5) is 5.82 Å². The van der Waals surface area contributed by atoms with Gasteiger partial charge in [-0.3, -0.25) is 4.90 Å². The number of halogens is 2. The predicted molar refractivity (Wildman–Crippen MR) is 84.6 cm³/mol. The zero-order chi connectivity index (χ0) is 13.9. The number of hydrogen-bond donors (Lipinski definition) is 0. The van der Waals surface area contributed by atoms with Gasteiger partial charge in [-0.1, -0.05) is 11.6 Å². The van der Waals surface area contributed by atoms with Crippen LogP contribution in [0.1, 0.15) is 12.8 Å². The lowest BCUT2D eigenvalue weighted by Crippen LogP contribution is -2.51. The molecule has 3 rings (SSSR count). The Hall–Kier alpha value is -0.360. The van der Waals surface area contributed by atoms with Gasteiger partial charge in [-0.15, -0.1) is 0 Å². The van der Waals surface area contributed by atoms with Crippen LogP contribution in [-0.2, 0) is 4.74 Å². The van der Waals surface area contributed by atoms with Crippen molar-refractivity contribution in [3.8, 4) is 0 Å². The van der Waals surface area contributed by atoms with E-state index in [9.17, 15) is 0 Å². The van der Waals surface area contributed by atoms with Gasteiger partial charge in [0.15, 0.2) is 0 Å². The van der Waals surface area contributed by atoms with Crippen molar-refractivity contribution < 1.29 is 4.74 Å². The Labute approximate surface area is 133 Å². The molecule has 6 heteroatoms. The molecule has 4 nitrogen and oxygen atoms in total. The Morgan fingerprint density at radius 1 is 1.30 bits per heavy atom. The highest BCUT2D eigenvalue weighted by Gasteiger charge is 2.27. The zero-order valence-electron chi connectivity index (χ0n) is 11.4. The molecule has 0 aromatic carbocycles. The lowest BCUT2D eigenvalue weighted by molar-refractivity contribution is 0.0137. The summed E-state index contributed by atoms with van der Waals surface area (Å²) in [5.74, 6) is 1.01. The van der Waals surface area contributed by atoms with Crippen molar-refractivity contribution in [3.05, 3.63) is 21.8 Å². The van der Waals surface area contributed by atoms with E-state index in [2.05, 4.69) is 30.7 Å². The number of morpholine rings is 1. The maximum atomic E-state index is 5.97. The van der Waals surface area contributed by atoms with Crippen molar-refractivity contribution >= 4 is 33.3 Å². The van der Waals surface area contributed by atoms with Gasteiger partial charge in [-0.2, -0.15) is 0 Å². The van der Waals surface area contributed by atoms with E-state index in [1.807, 2.05) is 6.07 Å². The number of anilines is 1.